The monoisotopic (exact) mass is 387 g/mol. The zero-order valence-electron chi connectivity index (χ0n) is 14.9. The Balaban J connectivity index is 1.72. The van der Waals surface area contributed by atoms with E-state index in [-0.39, 0.29) is 11.5 Å². The van der Waals surface area contributed by atoms with Gasteiger partial charge in [0, 0.05) is 29.1 Å². The highest BCUT2D eigenvalue weighted by molar-refractivity contribution is 7.18. The molecule has 5 nitrogen and oxygen atoms in total. The van der Waals surface area contributed by atoms with E-state index in [1.165, 1.54) is 11.3 Å². The Hall–Kier alpha value is -2.25. The average Bonchev–Trinajstić information content (AvgIpc) is 3.21. The van der Waals surface area contributed by atoms with Gasteiger partial charge in [0.2, 0.25) is 5.91 Å². The normalized spacial score (nSPS) is 11.0. The Morgan fingerprint density at radius 2 is 2.23 bits per heavy atom. The van der Waals surface area contributed by atoms with Crippen molar-refractivity contribution in [3.05, 3.63) is 61.7 Å². The molecule has 0 aliphatic carbocycles. The maximum Gasteiger partial charge on any atom is 0.259 e. The molecule has 0 saturated heterocycles. The molecule has 1 N–H and O–H groups in total. The summed E-state index contributed by atoms with van der Waals surface area (Å²) in [5.74, 6) is 0.589. The maximum atomic E-state index is 12.6. The lowest BCUT2D eigenvalue weighted by molar-refractivity contribution is -0.131. The number of carbonyl (C=O) groups excluding carboxylic acids is 1. The summed E-state index contributed by atoms with van der Waals surface area (Å²) in [7, 11) is 0. The molecule has 0 aliphatic heterocycles. The van der Waals surface area contributed by atoms with E-state index in [0.29, 0.717) is 37.1 Å². The lowest BCUT2D eigenvalue weighted by Gasteiger charge is -2.20. The van der Waals surface area contributed by atoms with Gasteiger partial charge >= 0.3 is 0 Å². The third kappa shape index (κ3) is 3.94. The number of nitrogens with one attached hydrogen (secondary N) is 1. The summed E-state index contributed by atoms with van der Waals surface area (Å²) in [6, 6.07) is 3.99. The topological polar surface area (TPSA) is 66.1 Å². The maximum absolute atomic E-state index is 12.6. The summed E-state index contributed by atoms with van der Waals surface area (Å²) in [4.78, 5) is 37.1. The number of H-pyrrole nitrogens is 1. The van der Waals surface area contributed by atoms with Crippen LogP contribution in [0.15, 0.2) is 35.0 Å². The van der Waals surface area contributed by atoms with Gasteiger partial charge in [-0.2, -0.15) is 0 Å². The van der Waals surface area contributed by atoms with E-state index < -0.39 is 0 Å². The van der Waals surface area contributed by atoms with Crippen LogP contribution in [0.4, 0.5) is 0 Å². The molecule has 0 fully saturated rings. The van der Waals surface area contributed by atoms with Gasteiger partial charge in [0.05, 0.1) is 11.9 Å². The zero-order valence-corrected chi connectivity index (χ0v) is 16.5. The first-order chi connectivity index (χ1) is 12.5. The molecule has 0 aromatic carbocycles. The van der Waals surface area contributed by atoms with Crippen LogP contribution in [0.3, 0.4) is 0 Å². The van der Waals surface area contributed by atoms with Gasteiger partial charge in [-0.15, -0.1) is 29.3 Å². The summed E-state index contributed by atoms with van der Waals surface area (Å²) in [6.07, 6.45) is 2.45. The molecule has 26 heavy (non-hydrogen) atoms. The van der Waals surface area contributed by atoms with Crippen LogP contribution in [0.5, 0.6) is 0 Å². The largest absolute Gasteiger partial charge is 0.334 e. The van der Waals surface area contributed by atoms with Crippen molar-refractivity contribution in [1.82, 2.24) is 14.9 Å². The smallest absolute Gasteiger partial charge is 0.259 e. The summed E-state index contributed by atoms with van der Waals surface area (Å²) in [5, 5.41) is 2.66. The molecule has 0 bridgehead atoms. The van der Waals surface area contributed by atoms with Crippen molar-refractivity contribution in [2.24, 2.45) is 0 Å². The van der Waals surface area contributed by atoms with Gasteiger partial charge in [0.25, 0.3) is 5.56 Å². The van der Waals surface area contributed by atoms with Crippen molar-refractivity contribution in [3.8, 4) is 0 Å². The van der Waals surface area contributed by atoms with Crippen LogP contribution < -0.4 is 5.56 Å². The molecule has 0 saturated carbocycles. The number of hydrogen-bond donors (Lipinski definition) is 1. The van der Waals surface area contributed by atoms with Crippen LogP contribution in [0.2, 0.25) is 0 Å². The molecule has 7 heteroatoms. The molecule has 3 heterocycles. The second-order valence-electron chi connectivity index (χ2n) is 6.12. The fraction of sp³-hybridized carbons (Fsp3) is 0.316. The van der Waals surface area contributed by atoms with Crippen molar-refractivity contribution < 1.29 is 4.79 Å². The molecular weight excluding hydrogens is 366 g/mol. The van der Waals surface area contributed by atoms with Gasteiger partial charge in [-0.05, 0) is 30.9 Å². The third-order valence-corrected chi connectivity index (χ3v) is 6.26. The fourth-order valence-electron chi connectivity index (χ4n) is 2.80. The molecule has 136 valence electrons. The number of rotatable bonds is 7. The fourth-order valence-corrected chi connectivity index (χ4v) is 4.57. The number of amides is 1. The number of aromatic nitrogens is 2. The predicted molar refractivity (Wildman–Crippen MR) is 108 cm³/mol. The van der Waals surface area contributed by atoms with E-state index in [0.717, 1.165) is 20.1 Å². The van der Waals surface area contributed by atoms with Crippen LogP contribution in [-0.2, 0) is 17.8 Å². The van der Waals surface area contributed by atoms with Crippen LogP contribution in [-0.4, -0.2) is 27.3 Å². The predicted octanol–water partition coefficient (Wildman–Crippen LogP) is 3.81. The second-order valence-corrected chi connectivity index (χ2v) is 8.35. The Kier molecular flexibility index (Phi) is 5.68. The molecular formula is C19H21N3O2S2. The molecule has 3 rings (SSSR count). The van der Waals surface area contributed by atoms with Gasteiger partial charge in [-0.3, -0.25) is 9.59 Å². The molecule has 0 spiro atoms. The molecule has 3 aromatic heterocycles. The average molecular weight is 388 g/mol. The first kappa shape index (κ1) is 18.5. The molecule has 1 amide bonds. The van der Waals surface area contributed by atoms with Crippen LogP contribution in [0, 0.1) is 13.8 Å². The minimum atomic E-state index is -0.124. The van der Waals surface area contributed by atoms with Crippen molar-refractivity contribution >= 4 is 38.8 Å². The van der Waals surface area contributed by atoms with E-state index in [9.17, 15) is 9.59 Å². The highest BCUT2D eigenvalue weighted by Gasteiger charge is 2.16. The van der Waals surface area contributed by atoms with Crippen molar-refractivity contribution in [2.45, 2.75) is 33.2 Å². The molecule has 3 aromatic rings. The zero-order chi connectivity index (χ0) is 18.7. The van der Waals surface area contributed by atoms with E-state index in [1.807, 2.05) is 31.4 Å². The SMILES string of the molecule is C=CCN(Cc1cccs1)C(=O)CCc1nc2sc(C)c(C)c2c(=O)[nH]1. The van der Waals surface area contributed by atoms with Crippen LogP contribution in [0.1, 0.15) is 27.6 Å². The number of aryl methyl sites for hydroxylation is 3. The van der Waals surface area contributed by atoms with Crippen molar-refractivity contribution in [1.29, 1.82) is 0 Å². The summed E-state index contributed by atoms with van der Waals surface area (Å²) in [6.45, 7) is 8.74. The summed E-state index contributed by atoms with van der Waals surface area (Å²) >= 11 is 3.15. The quantitative estimate of drug-likeness (QED) is 0.627. The minimum Gasteiger partial charge on any atom is -0.334 e. The van der Waals surface area contributed by atoms with Crippen LogP contribution in [0.25, 0.3) is 10.2 Å². The molecule has 0 aliphatic rings. The number of carbonyl (C=O) groups is 1. The Morgan fingerprint density at radius 3 is 2.92 bits per heavy atom. The van der Waals surface area contributed by atoms with Crippen LogP contribution >= 0.6 is 22.7 Å². The Bertz CT molecular complexity index is 986. The molecule has 0 radical (unpaired) electrons. The molecule has 0 atom stereocenters. The van der Waals surface area contributed by atoms with Gasteiger partial charge < -0.3 is 9.88 Å². The Morgan fingerprint density at radius 1 is 1.42 bits per heavy atom. The van der Waals surface area contributed by atoms with Gasteiger partial charge in [0.15, 0.2) is 0 Å². The third-order valence-electron chi connectivity index (χ3n) is 4.29. The number of aromatic amines is 1. The lowest BCUT2D eigenvalue weighted by Crippen LogP contribution is -2.30. The number of nitrogens with zero attached hydrogens (tertiary/aromatic N) is 2. The summed E-state index contributed by atoms with van der Waals surface area (Å²) in [5.41, 5.74) is 0.857. The van der Waals surface area contributed by atoms with Gasteiger partial charge in [-0.25, -0.2) is 4.98 Å². The summed E-state index contributed by atoms with van der Waals surface area (Å²) < 4.78 is 0. The molecule has 0 unspecified atom stereocenters. The lowest BCUT2D eigenvalue weighted by atomic mass is 10.2. The van der Waals surface area contributed by atoms with Crippen molar-refractivity contribution in [3.63, 3.8) is 0 Å². The highest BCUT2D eigenvalue weighted by Crippen LogP contribution is 2.25. The van der Waals surface area contributed by atoms with Crippen molar-refractivity contribution in [2.75, 3.05) is 6.54 Å². The first-order valence-electron chi connectivity index (χ1n) is 8.39. The van der Waals surface area contributed by atoms with E-state index in [1.54, 1.807) is 22.3 Å². The standard InChI is InChI=1S/C19H21N3O2S2/c1-4-9-22(11-14-6-5-10-25-14)16(23)8-7-15-20-18(24)17-12(2)13(3)26-19(17)21-15/h4-6,10H,1,7-9,11H2,2-3H3,(H,20,21,24). The van der Waals surface area contributed by atoms with E-state index in [2.05, 4.69) is 16.5 Å². The van der Waals surface area contributed by atoms with Gasteiger partial charge in [0.1, 0.15) is 10.7 Å². The first-order valence-corrected chi connectivity index (χ1v) is 10.1. The van der Waals surface area contributed by atoms with E-state index >= 15 is 0 Å². The number of thiophene rings is 2. The highest BCUT2D eigenvalue weighted by atomic mass is 32.1. The number of fused-ring (bicyclic) bond motifs is 1. The van der Waals surface area contributed by atoms with Gasteiger partial charge in [-0.1, -0.05) is 12.1 Å². The van der Waals surface area contributed by atoms with E-state index in [4.69, 9.17) is 0 Å². The number of hydrogen-bond acceptors (Lipinski definition) is 5. The Labute approximate surface area is 160 Å². The second kappa shape index (κ2) is 7.97. The minimum absolute atomic E-state index is 0.0274.